The van der Waals surface area contributed by atoms with Gasteiger partial charge in [0.15, 0.2) is 0 Å². The van der Waals surface area contributed by atoms with Crippen LogP contribution < -0.4 is 4.74 Å². The highest BCUT2D eigenvalue weighted by molar-refractivity contribution is 14.1. The van der Waals surface area contributed by atoms with E-state index in [4.69, 9.17) is 4.74 Å². The van der Waals surface area contributed by atoms with Gasteiger partial charge in [-0.1, -0.05) is 46.1 Å². The van der Waals surface area contributed by atoms with Gasteiger partial charge in [-0.3, -0.25) is 4.79 Å². The van der Waals surface area contributed by atoms with Gasteiger partial charge in [-0.15, -0.1) is 0 Å². The molecule has 0 radical (unpaired) electrons. The van der Waals surface area contributed by atoms with Crippen LogP contribution in [0.1, 0.15) is 87.3 Å². The average molecular weight is 589 g/mol. The lowest BCUT2D eigenvalue weighted by atomic mass is 10.0. The van der Waals surface area contributed by atoms with E-state index in [2.05, 4.69) is 60.4 Å². The first-order chi connectivity index (χ1) is 17.1. The SMILES string of the molecule is CCCCc1cc2ccccn2c1C(=O)c1ccc(OCCCN(CCCC)CCCC)c(I)c1. The highest BCUT2D eigenvalue weighted by Crippen LogP contribution is 2.26. The summed E-state index contributed by atoms with van der Waals surface area (Å²) >= 11 is 2.29. The molecular weight excluding hydrogens is 547 g/mol. The number of ether oxygens (including phenoxy) is 1. The largest absolute Gasteiger partial charge is 0.492 e. The molecule has 4 nitrogen and oxygen atoms in total. The molecule has 0 saturated heterocycles. The van der Waals surface area contributed by atoms with Crippen LogP contribution in [0, 0.1) is 3.57 Å². The van der Waals surface area contributed by atoms with E-state index < -0.39 is 0 Å². The highest BCUT2D eigenvalue weighted by Gasteiger charge is 2.20. The summed E-state index contributed by atoms with van der Waals surface area (Å²) < 4.78 is 9.14. The number of pyridine rings is 1. The summed E-state index contributed by atoms with van der Waals surface area (Å²) in [5.74, 6) is 0.941. The number of hydrogen-bond acceptors (Lipinski definition) is 3. The fourth-order valence-electron chi connectivity index (χ4n) is 4.46. The Hall–Kier alpha value is -1.86. The second-order valence-electron chi connectivity index (χ2n) is 9.34. The summed E-state index contributed by atoms with van der Waals surface area (Å²) in [6.45, 7) is 10.8. The Balaban J connectivity index is 1.65. The first kappa shape index (κ1) is 27.7. The van der Waals surface area contributed by atoms with Crippen molar-refractivity contribution in [2.45, 2.75) is 72.1 Å². The molecule has 0 atom stereocenters. The van der Waals surface area contributed by atoms with E-state index in [1.54, 1.807) is 0 Å². The maximum atomic E-state index is 13.6. The molecule has 0 bridgehead atoms. The second kappa shape index (κ2) is 14.6. The van der Waals surface area contributed by atoms with Crippen molar-refractivity contribution in [2.24, 2.45) is 0 Å². The number of nitrogens with zero attached hydrogens (tertiary/aromatic N) is 2. The second-order valence-corrected chi connectivity index (χ2v) is 10.5. The Bertz CT molecular complexity index is 1070. The fourth-order valence-corrected chi connectivity index (χ4v) is 5.13. The van der Waals surface area contributed by atoms with E-state index in [9.17, 15) is 4.79 Å². The van der Waals surface area contributed by atoms with Crippen LogP contribution in [0.5, 0.6) is 5.75 Å². The Morgan fingerprint density at radius 2 is 1.63 bits per heavy atom. The van der Waals surface area contributed by atoms with E-state index in [1.807, 2.05) is 40.9 Å². The molecule has 35 heavy (non-hydrogen) atoms. The molecule has 3 rings (SSSR count). The highest BCUT2D eigenvalue weighted by atomic mass is 127. The number of rotatable bonds is 16. The molecule has 2 aromatic heterocycles. The Labute approximate surface area is 225 Å². The molecule has 0 aliphatic heterocycles. The zero-order chi connectivity index (χ0) is 25.0. The van der Waals surface area contributed by atoms with Crippen LogP contribution in [0.4, 0.5) is 0 Å². The lowest BCUT2D eigenvalue weighted by Gasteiger charge is -2.22. The maximum absolute atomic E-state index is 13.6. The molecule has 0 amide bonds. The summed E-state index contributed by atoms with van der Waals surface area (Å²) in [4.78, 5) is 16.2. The Morgan fingerprint density at radius 1 is 0.914 bits per heavy atom. The van der Waals surface area contributed by atoms with Crippen molar-refractivity contribution < 1.29 is 9.53 Å². The summed E-state index contributed by atoms with van der Waals surface area (Å²) in [6, 6.07) is 14.1. The lowest BCUT2D eigenvalue weighted by molar-refractivity contribution is 0.103. The molecule has 0 aliphatic rings. The topological polar surface area (TPSA) is 34.0 Å². The summed E-state index contributed by atoms with van der Waals surface area (Å²) in [6.07, 6.45) is 11.1. The Morgan fingerprint density at radius 3 is 2.31 bits per heavy atom. The normalized spacial score (nSPS) is 11.5. The van der Waals surface area contributed by atoms with Crippen LogP contribution in [-0.4, -0.2) is 41.3 Å². The monoisotopic (exact) mass is 588 g/mol. The van der Waals surface area contributed by atoms with Crippen LogP contribution >= 0.6 is 22.6 Å². The number of unbranched alkanes of at least 4 members (excludes halogenated alkanes) is 3. The molecule has 0 fully saturated rings. The lowest BCUT2D eigenvalue weighted by Crippen LogP contribution is -2.28. The molecule has 0 unspecified atom stereocenters. The van der Waals surface area contributed by atoms with Crippen LogP contribution in [0.15, 0.2) is 48.7 Å². The van der Waals surface area contributed by atoms with E-state index in [1.165, 1.54) is 38.8 Å². The summed E-state index contributed by atoms with van der Waals surface area (Å²) in [7, 11) is 0. The summed E-state index contributed by atoms with van der Waals surface area (Å²) in [5, 5.41) is 0. The minimum Gasteiger partial charge on any atom is -0.492 e. The van der Waals surface area contributed by atoms with Crippen molar-refractivity contribution in [1.82, 2.24) is 9.30 Å². The van der Waals surface area contributed by atoms with Crippen molar-refractivity contribution in [1.29, 1.82) is 0 Å². The number of ketones is 1. The summed E-state index contributed by atoms with van der Waals surface area (Å²) in [5.41, 5.74) is 3.71. The molecule has 2 heterocycles. The number of hydrogen-bond donors (Lipinski definition) is 0. The third kappa shape index (κ3) is 7.81. The number of aromatic nitrogens is 1. The molecule has 0 saturated carbocycles. The zero-order valence-corrected chi connectivity index (χ0v) is 23.9. The molecule has 3 aromatic rings. The van der Waals surface area contributed by atoms with Gasteiger partial charge in [0.2, 0.25) is 5.78 Å². The average Bonchev–Trinajstić information content (AvgIpc) is 3.24. The number of halogens is 1. The van der Waals surface area contributed by atoms with Crippen molar-refractivity contribution in [3.8, 4) is 5.75 Å². The minimum atomic E-state index is 0.0780. The van der Waals surface area contributed by atoms with Crippen molar-refractivity contribution >= 4 is 33.9 Å². The Kier molecular flexibility index (Phi) is 11.6. The van der Waals surface area contributed by atoms with Gasteiger partial charge in [-0.05, 0) is 110 Å². The van der Waals surface area contributed by atoms with Gasteiger partial charge in [0.05, 0.1) is 15.9 Å². The first-order valence-electron chi connectivity index (χ1n) is 13.4. The van der Waals surface area contributed by atoms with Crippen molar-refractivity contribution in [3.63, 3.8) is 0 Å². The van der Waals surface area contributed by atoms with Gasteiger partial charge in [-0.25, -0.2) is 0 Å². The van der Waals surface area contributed by atoms with Crippen LogP contribution in [0.25, 0.3) is 5.52 Å². The van der Waals surface area contributed by atoms with Gasteiger partial charge in [0, 0.05) is 23.8 Å². The first-order valence-corrected chi connectivity index (χ1v) is 14.4. The maximum Gasteiger partial charge on any atom is 0.210 e. The molecule has 0 spiro atoms. The number of carbonyl (C=O) groups excluding carboxylic acids is 1. The van der Waals surface area contributed by atoms with E-state index in [0.29, 0.717) is 12.2 Å². The molecule has 190 valence electrons. The minimum absolute atomic E-state index is 0.0780. The zero-order valence-electron chi connectivity index (χ0n) is 21.7. The van der Waals surface area contributed by atoms with Crippen molar-refractivity contribution in [3.05, 3.63) is 69.1 Å². The number of carbonyl (C=O) groups is 1. The van der Waals surface area contributed by atoms with Crippen LogP contribution in [0.3, 0.4) is 0 Å². The van der Waals surface area contributed by atoms with Crippen molar-refractivity contribution in [2.75, 3.05) is 26.2 Å². The number of aryl methyl sites for hydroxylation is 1. The van der Waals surface area contributed by atoms with Gasteiger partial charge in [0.25, 0.3) is 0 Å². The van der Waals surface area contributed by atoms with E-state index >= 15 is 0 Å². The molecule has 1 aromatic carbocycles. The third-order valence-corrected chi connectivity index (χ3v) is 7.34. The van der Waals surface area contributed by atoms with Gasteiger partial charge < -0.3 is 14.0 Å². The van der Waals surface area contributed by atoms with Gasteiger partial charge in [0.1, 0.15) is 5.75 Å². The predicted octanol–water partition coefficient (Wildman–Crippen LogP) is 7.79. The number of benzene rings is 1. The standard InChI is InChI=1S/C30H41IN2O2/c1-4-7-13-24-22-26-14-10-11-20-33(26)29(24)30(34)25-15-16-28(27(31)23-25)35-21-12-19-32(17-8-5-2)18-9-6-3/h10-11,14-16,20,22-23H,4-9,12-13,17-19,21H2,1-3H3. The number of fused-ring (bicyclic) bond motifs is 1. The van der Waals surface area contributed by atoms with E-state index in [0.717, 1.165) is 58.3 Å². The molecule has 0 aliphatic carbocycles. The van der Waals surface area contributed by atoms with E-state index in [-0.39, 0.29) is 5.78 Å². The molecule has 5 heteroatoms. The van der Waals surface area contributed by atoms with Gasteiger partial charge in [-0.2, -0.15) is 0 Å². The van der Waals surface area contributed by atoms with Gasteiger partial charge >= 0.3 is 0 Å². The molecular formula is C30H41IN2O2. The van der Waals surface area contributed by atoms with Crippen LogP contribution in [0.2, 0.25) is 0 Å². The molecule has 0 N–H and O–H groups in total. The predicted molar refractivity (Wildman–Crippen MR) is 155 cm³/mol. The third-order valence-electron chi connectivity index (χ3n) is 6.50. The quantitative estimate of drug-likeness (QED) is 0.0974. The smallest absolute Gasteiger partial charge is 0.210 e. The fraction of sp³-hybridized carbons (Fsp3) is 0.500. The van der Waals surface area contributed by atoms with Crippen LogP contribution in [-0.2, 0) is 6.42 Å².